The lowest BCUT2D eigenvalue weighted by molar-refractivity contribution is -0.385. The minimum atomic E-state index is -0.378. The van der Waals surface area contributed by atoms with Gasteiger partial charge in [0.1, 0.15) is 12.0 Å². The highest BCUT2D eigenvalue weighted by atomic mass is 16.6. The van der Waals surface area contributed by atoms with Gasteiger partial charge in [0, 0.05) is 18.2 Å². The van der Waals surface area contributed by atoms with Crippen LogP contribution in [0.15, 0.2) is 12.3 Å². The van der Waals surface area contributed by atoms with E-state index in [2.05, 4.69) is 29.0 Å². The van der Waals surface area contributed by atoms with Gasteiger partial charge in [-0.3, -0.25) is 10.1 Å². The number of nitrogens with one attached hydrogen (secondary N) is 1. The van der Waals surface area contributed by atoms with Crippen LogP contribution in [0.3, 0.4) is 0 Å². The first-order chi connectivity index (χ1) is 9.99. The lowest BCUT2D eigenvalue weighted by Gasteiger charge is -2.33. The van der Waals surface area contributed by atoms with Crippen molar-refractivity contribution >= 4 is 11.5 Å². The first kappa shape index (κ1) is 15.7. The summed E-state index contributed by atoms with van der Waals surface area (Å²) in [7, 11) is 0. The molecule has 21 heavy (non-hydrogen) atoms. The Morgan fingerprint density at radius 2 is 2.33 bits per heavy atom. The number of hydrogen-bond acceptors (Lipinski definition) is 5. The van der Waals surface area contributed by atoms with Crippen molar-refractivity contribution in [2.75, 3.05) is 24.5 Å². The Bertz CT molecular complexity index is 498. The molecule has 0 radical (unpaired) electrons. The molecule has 0 saturated carbocycles. The standard InChI is InChI=1S/C15H24N4O2/c1-11(2)18(10-13-5-4-6-16-8-13)15-7-12(3)14(9-17-15)19(20)21/h7,9,11,13,16H,4-6,8,10H2,1-3H3. The molecule has 0 spiro atoms. The van der Waals surface area contributed by atoms with Crippen molar-refractivity contribution in [3.05, 3.63) is 27.9 Å². The molecule has 1 aromatic heterocycles. The van der Waals surface area contributed by atoms with Crippen LogP contribution in [-0.2, 0) is 0 Å². The number of hydrogen-bond donors (Lipinski definition) is 1. The van der Waals surface area contributed by atoms with Gasteiger partial charge >= 0.3 is 0 Å². The zero-order chi connectivity index (χ0) is 15.4. The second kappa shape index (κ2) is 6.85. The summed E-state index contributed by atoms with van der Waals surface area (Å²) in [5.74, 6) is 1.44. The van der Waals surface area contributed by atoms with E-state index in [0.29, 0.717) is 17.5 Å². The van der Waals surface area contributed by atoms with E-state index in [0.717, 1.165) is 25.5 Å². The molecule has 2 heterocycles. The molecule has 1 aromatic rings. The van der Waals surface area contributed by atoms with Crippen molar-refractivity contribution < 1.29 is 4.92 Å². The van der Waals surface area contributed by atoms with Gasteiger partial charge in [0.05, 0.1) is 4.92 Å². The number of anilines is 1. The average molecular weight is 292 g/mol. The summed E-state index contributed by atoms with van der Waals surface area (Å²) in [6.45, 7) is 9.12. The van der Waals surface area contributed by atoms with E-state index in [1.54, 1.807) is 6.92 Å². The van der Waals surface area contributed by atoms with Gasteiger partial charge in [0.2, 0.25) is 0 Å². The van der Waals surface area contributed by atoms with Crippen LogP contribution in [0.1, 0.15) is 32.3 Å². The molecule has 0 amide bonds. The number of nitrogens with zero attached hydrogens (tertiary/aromatic N) is 3. The zero-order valence-electron chi connectivity index (χ0n) is 13.0. The molecule has 6 nitrogen and oxygen atoms in total. The lowest BCUT2D eigenvalue weighted by Crippen LogP contribution is -2.41. The predicted octanol–water partition coefficient (Wildman–Crippen LogP) is 2.51. The normalized spacial score (nSPS) is 18.8. The van der Waals surface area contributed by atoms with E-state index < -0.39 is 0 Å². The summed E-state index contributed by atoms with van der Waals surface area (Å²) in [5.41, 5.74) is 0.749. The van der Waals surface area contributed by atoms with Crippen molar-refractivity contribution in [1.29, 1.82) is 0 Å². The van der Waals surface area contributed by atoms with Gasteiger partial charge in [0.15, 0.2) is 0 Å². The third kappa shape index (κ3) is 3.91. The third-order valence-corrected chi connectivity index (χ3v) is 4.04. The fourth-order valence-corrected chi connectivity index (χ4v) is 2.81. The Morgan fingerprint density at radius 3 is 2.86 bits per heavy atom. The highest BCUT2D eigenvalue weighted by Crippen LogP contribution is 2.24. The summed E-state index contributed by atoms with van der Waals surface area (Å²) >= 11 is 0. The topological polar surface area (TPSA) is 71.3 Å². The Balaban J connectivity index is 2.17. The SMILES string of the molecule is Cc1cc(N(CC2CCCNC2)C(C)C)ncc1[N+](=O)[O-]. The van der Waals surface area contributed by atoms with Crippen LogP contribution in [0.25, 0.3) is 0 Å². The van der Waals surface area contributed by atoms with Crippen LogP contribution in [0.5, 0.6) is 0 Å². The first-order valence-corrected chi connectivity index (χ1v) is 7.57. The second-order valence-electron chi connectivity index (χ2n) is 6.04. The van der Waals surface area contributed by atoms with E-state index in [9.17, 15) is 10.1 Å². The van der Waals surface area contributed by atoms with Gasteiger partial charge < -0.3 is 10.2 Å². The number of aryl methyl sites for hydroxylation is 1. The molecule has 1 saturated heterocycles. The monoisotopic (exact) mass is 292 g/mol. The number of nitro groups is 1. The van der Waals surface area contributed by atoms with Crippen LogP contribution >= 0.6 is 0 Å². The maximum absolute atomic E-state index is 10.9. The molecule has 1 unspecified atom stereocenters. The molecule has 116 valence electrons. The molecule has 1 aliphatic heterocycles. The van der Waals surface area contributed by atoms with Gasteiger partial charge in [-0.15, -0.1) is 0 Å². The van der Waals surface area contributed by atoms with Crippen LogP contribution < -0.4 is 10.2 Å². The van der Waals surface area contributed by atoms with Crippen LogP contribution in [0.2, 0.25) is 0 Å². The maximum Gasteiger partial charge on any atom is 0.290 e. The molecule has 1 aliphatic rings. The molecule has 2 rings (SSSR count). The van der Waals surface area contributed by atoms with E-state index in [1.807, 2.05) is 6.07 Å². The Kier molecular flexibility index (Phi) is 5.12. The van der Waals surface area contributed by atoms with Crippen LogP contribution in [-0.4, -0.2) is 35.6 Å². The van der Waals surface area contributed by atoms with Crippen molar-refractivity contribution in [1.82, 2.24) is 10.3 Å². The molecule has 6 heteroatoms. The first-order valence-electron chi connectivity index (χ1n) is 7.57. The highest BCUT2D eigenvalue weighted by Gasteiger charge is 2.21. The molecule has 1 N–H and O–H groups in total. The molecule has 1 fully saturated rings. The van der Waals surface area contributed by atoms with Crippen molar-refractivity contribution in [2.45, 2.75) is 39.7 Å². The quantitative estimate of drug-likeness (QED) is 0.667. The minimum Gasteiger partial charge on any atom is -0.354 e. The van der Waals surface area contributed by atoms with Crippen LogP contribution in [0, 0.1) is 23.0 Å². The van der Waals surface area contributed by atoms with E-state index in [4.69, 9.17) is 0 Å². The number of pyridine rings is 1. The van der Waals surface area contributed by atoms with Crippen molar-refractivity contribution in [2.24, 2.45) is 5.92 Å². The summed E-state index contributed by atoms with van der Waals surface area (Å²) < 4.78 is 0. The third-order valence-electron chi connectivity index (χ3n) is 4.04. The average Bonchev–Trinajstić information content (AvgIpc) is 2.45. The lowest BCUT2D eigenvalue weighted by atomic mass is 9.98. The zero-order valence-corrected chi connectivity index (χ0v) is 13.0. The highest BCUT2D eigenvalue weighted by molar-refractivity contribution is 5.49. The molecule has 0 bridgehead atoms. The van der Waals surface area contributed by atoms with Gasteiger partial charge in [0.25, 0.3) is 5.69 Å². The van der Waals surface area contributed by atoms with Gasteiger partial charge in [-0.1, -0.05) is 0 Å². The van der Waals surface area contributed by atoms with Crippen molar-refractivity contribution in [3.63, 3.8) is 0 Å². The Labute approximate surface area is 125 Å². The van der Waals surface area contributed by atoms with E-state index >= 15 is 0 Å². The number of rotatable bonds is 5. The fourth-order valence-electron chi connectivity index (χ4n) is 2.81. The Hall–Kier alpha value is -1.69. The molecule has 1 atom stereocenters. The largest absolute Gasteiger partial charge is 0.354 e. The minimum absolute atomic E-state index is 0.0850. The second-order valence-corrected chi connectivity index (χ2v) is 6.04. The van der Waals surface area contributed by atoms with E-state index in [1.165, 1.54) is 19.0 Å². The fraction of sp³-hybridized carbons (Fsp3) is 0.667. The predicted molar refractivity (Wildman–Crippen MR) is 83.7 cm³/mol. The summed E-state index contributed by atoms with van der Waals surface area (Å²) in [6, 6.07) is 2.15. The van der Waals surface area contributed by atoms with E-state index in [-0.39, 0.29) is 10.6 Å². The maximum atomic E-state index is 10.9. The smallest absolute Gasteiger partial charge is 0.290 e. The molecular formula is C15H24N4O2. The molecule has 0 aromatic carbocycles. The van der Waals surface area contributed by atoms with Gasteiger partial charge in [-0.2, -0.15) is 0 Å². The summed E-state index contributed by atoms with van der Waals surface area (Å²) in [6.07, 6.45) is 3.81. The van der Waals surface area contributed by atoms with Crippen molar-refractivity contribution in [3.8, 4) is 0 Å². The number of aromatic nitrogens is 1. The summed E-state index contributed by atoms with van der Waals surface area (Å²) in [5, 5.41) is 14.3. The Morgan fingerprint density at radius 1 is 1.57 bits per heavy atom. The summed E-state index contributed by atoms with van der Waals surface area (Å²) in [4.78, 5) is 17.1. The molecule has 0 aliphatic carbocycles. The van der Waals surface area contributed by atoms with Gasteiger partial charge in [-0.05, 0) is 58.7 Å². The van der Waals surface area contributed by atoms with Gasteiger partial charge in [-0.25, -0.2) is 4.98 Å². The molecular weight excluding hydrogens is 268 g/mol. The van der Waals surface area contributed by atoms with Crippen LogP contribution in [0.4, 0.5) is 11.5 Å². The number of piperidine rings is 1.